The first-order valence-electron chi connectivity index (χ1n) is 4.87. The molecule has 0 atom stereocenters. The number of carbonyl (C=O) groups excluding carboxylic acids is 1. The van der Waals surface area contributed by atoms with Crippen molar-refractivity contribution in [2.75, 3.05) is 0 Å². The van der Waals surface area contributed by atoms with E-state index >= 15 is 0 Å². The number of rotatable bonds is 2. The van der Waals surface area contributed by atoms with Crippen LogP contribution in [-0.2, 0) is 4.79 Å². The average Bonchev–Trinajstić information content (AvgIpc) is 2.64. The molecular formula is C13H9NOS. The van der Waals surface area contributed by atoms with Gasteiger partial charge in [-0.15, -0.1) is 11.3 Å². The standard InChI is InChI=1S/C13H9NOS/c1-9-11-4-2-3-5-12(11)16-13(9)10(8-15)6-7-14/h2-5H,6H2,1H3. The summed E-state index contributed by atoms with van der Waals surface area (Å²) in [5, 5.41) is 9.80. The van der Waals surface area contributed by atoms with Crippen molar-refractivity contribution in [3.8, 4) is 6.07 Å². The van der Waals surface area contributed by atoms with Gasteiger partial charge in [0.2, 0.25) is 0 Å². The third-order valence-corrected chi connectivity index (χ3v) is 3.83. The zero-order chi connectivity index (χ0) is 11.5. The topological polar surface area (TPSA) is 40.9 Å². The molecule has 1 aromatic heterocycles. The number of nitriles is 1. The molecule has 0 amide bonds. The Labute approximate surface area is 97.4 Å². The zero-order valence-electron chi connectivity index (χ0n) is 8.78. The van der Waals surface area contributed by atoms with Gasteiger partial charge in [0.15, 0.2) is 0 Å². The predicted molar refractivity (Wildman–Crippen MR) is 65.9 cm³/mol. The highest BCUT2D eigenvalue weighted by Crippen LogP contribution is 2.35. The Bertz CT molecular complexity index is 627. The Morgan fingerprint density at radius 1 is 1.44 bits per heavy atom. The molecule has 0 aliphatic heterocycles. The Kier molecular flexibility index (Phi) is 2.87. The van der Waals surface area contributed by atoms with Crippen molar-refractivity contribution in [1.82, 2.24) is 0 Å². The van der Waals surface area contributed by atoms with E-state index in [9.17, 15) is 4.79 Å². The van der Waals surface area contributed by atoms with Gasteiger partial charge in [0.1, 0.15) is 5.94 Å². The van der Waals surface area contributed by atoms with Gasteiger partial charge in [-0.3, -0.25) is 0 Å². The van der Waals surface area contributed by atoms with E-state index < -0.39 is 0 Å². The summed E-state index contributed by atoms with van der Waals surface area (Å²) in [5.41, 5.74) is 1.52. The van der Waals surface area contributed by atoms with Gasteiger partial charge < -0.3 is 0 Å². The zero-order valence-corrected chi connectivity index (χ0v) is 9.60. The molecule has 16 heavy (non-hydrogen) atoms. The van der Waals surface area contributed by atoms with Gasteiger partial charge in [-0.2, -0.15) is 5.26 Å². The fraction of sp³-hybridized carbons (Fsp3) is 0.154. The molecule has 2 nitrogen and oxygen atoms in total. The van der Waals surface area contributed by atoms with Crippen molar-refractivity contribution in [3.05, 3.63) is 34.7 Å². The highest BCUT2D eigenvalue weighted by atomic mass is 32.1. The molecule has 0 bridgehead atoms. The van der Waals surface area contributed by atoms with Crippen molar-refractivity contribution >= 4 is 32.9 Å². The Balaban J connectivity index is 2.67. The maximum absolute atomic E-state index is 10.8. The molecule has 0 saturated carbocycles. The van der Waals surface area contributed by atoms with Crippen LogP contribution in [-0.4, -0.2) is 5.94 Å². The van der Waals surface area contributed by atoms with Gasteiger partial charge in [0, 0.05) is 9.58 Å². The third-order valence-electron chi connectivity index (χ3n) is 2.50. The van der Waals surface area contributed by atoms with Gasteiger partial charge in [-0.1, -0.05) is 18.2 Å². The van der Waals surface area contributed by atoms with E-state index in [-0.39, 0.29) is 6.42 Å². The number of hydrogen-bond donors (Lipinski definition) is 0. The lowest BCUT2D eigenvalue weighted by Crippen LogP contribution is -1.82. The summed E-state index contributed by atoms with van der Waals surface area (Å²) < 4.78 is 1.14. The van der Waals surface area contributed by atoms with Crippen LogP contribution in [0, 0.1) is 18.3 Å². The van der Waals surface area contributed by atoms with Crippen LogP contribution in [0.2, 0.25) is 0 Å². The number of nitrogens with zero attached hydrogens (tertiary/aromatic N) is 1. The van der Waals surface area contributed by atoms with Crippen LogP contribution < -0.4 is 0 Å². The van der Waals surface area contributed by atoms with Crippen LogP contribution in [0.25, 0.3) is 15.7 Å². The van der Waals surface area contributed by atoms with E-state index in [0.29, 0.717) is 5.57 Å². The van der Waals surface area contributed by atoms with Gasteiger partial charge in [-0.25, -0.2) is 4.79 Å². The van der Waals surface area contributed by atoms with Gasteiger partial charge in [0.25, 0.3) is 0 Å². The molecule has 2 rings (SSSR count). The molecule has 1 heterocycles. The molecule has 0 N–H and O–H groups in total. The highest BCUT2D eigenvalue weighted by molar-refractivity contribution is 7.20. The van der Waals surface area contributed by atoms with E-state index in [1.807, 2.05) is 43.2 Å². The highest BCUT2D eigenvalue weighted by Gasteiger charge is 2.12. The lowest BCUT2D eigenvalue weighted by Gasteiger charge is -1.95. The van der Waals surface area contributed by atoms with Gasteiger partial charge >= 0.3 is 0 Å². The minimum absolute atomic E-state index is 0.122. The molecule has 0 radical (unpaired) electrons. The summed E-state index contributed by atoms with van der Waals surface area (Å²) in [5.74, 6) is 1.88. The number of thiophene rings is 1. The van der Waals surface area contributed by atoms with Crippen LogP contribution in [0.1, 0.15) is 16.9 Å². The smallest absolute Gasteiger partial charge is 0.130 e. The summed E-state index contributed by atoms with van der Waals surface area (Å²) >= 11 is 1.55. The maximum atomic E-state index is 10.8. The summed E-state index contributed by atoms with van der Waals surface area (Å²) in [4.78, 5) is 11.7. The largest absolute Gasteiger partial charge is 0.233 e. The van der Waals surface area contributed by atoms with Crippen LogP contribution in [0.4, 0.5) is 0 Å². The van der Waals surface area contributed by atoms with E-state index in [1.54, 1.807) is 11.3 Å². The first kappa shape index (κ1) is 10.6. The number of aryl methyl sites for hydroxylation is 1. The second-order valence-electron chi connectivity index (χ2n) is 3.47. The molecule has 0 fully saturated rings. The summed E-state index contributed by atoms with van der Waals surface area (Å²) in [6, 6.07) is 9.98. The Morgan fingerprint density at radius 2 is 2.19 bits per heavy atom. The second kappa shape index (κ2) is 4.32. The summed E-state index contributed by atoms with van der Waals surface area (Å²) in [6.45, 7) is 1.98. The maximum Gasteiger partial charge on any atom is 0.130 e. The molecule has 0 saturated heterocycles. The molecule has 3 heteroatoms. The van der Waals surface area contributed by atoms with Crippen molar-refractivity contribution in [2.45, 2.75) is 13.3 Å². The Morgan fingerprint density at radius 3 is 2.81 bits per heavy atom. The first-order valence-corrected chi connectivity index (χ1v) is 5.69. The van der Waals surface area contributed by atoms with E-state index in [1.165, 1.54) is 0 Å². The number of fused-ring (bicyclic) bond motifs is 1. The van der Waals surface area contributed by atoms with Crippen molar-refractivity contribution in [1.29, 1.82) is 5.26 Å². The minimum Gasteiger partial charge on any atom is -0.233 e. The van der Waals surface area contributed by atoms with Crippen molar-refractivity contribution < 1.29 is 4.79 Å². The molecule has 78 valence electrons. The monoisotopic (exact) mass is 227 g/mol. The SMILES string of the molecule is Cc1c(C(=C=O)CC#N)sc2ccccc12. The van der Waals surface area contributed by atoms with Crippen LogP contribution in [0.5, 0.6) is 0 Å². The number of benzene rings is 1. The van der Waals surface area contributed by atoms with Gasteiger partial charge in [-0.05, 0) is 23.9 Å². The number of allylic oxidation sites excluding steroid dienone is 1. The van der Waals surface area contributed by atoms with Gasteiger partial charge in [0.05, 0.1) is 18.1 Å². The molecule has 0 aliphatic rings. The second-order valence-corrected chi connectivity index (χ2v) is 4.52. The molecule has 0 spiro atoms. The van der Waals surface area contributed by atoms with Crippen LogP contribution in [0.15, 0.2) is 24.3 Å². The molecule has 1 aromatic carbocycles. The third kappa shape index (κ3) is 1.65. The Hall–Kier alpha value is -1.88. The molecular weight excluding hydrogens is 218 g/mol. The van der Waals surface area contributed by atoms with Crippen LogP contribution in [0.3, 0.4) is 0 Å². The molecule has 0 aliphatic carbocycles. The van der Waals surface area contributed by atoms with E-state index in [0.717, 1.165) is 20.5 Å². The van der Waals surface area contributed by atoms with E-state index in [4.69, 9.17) is 5.26 Å². The summed E-state index contributed by atoms with van der Waals surface area (Å²) in [7, 11) is 0. The fourth-order valence-corrected chi connectivity index (χ4v) is 2.90. The lowest BCUT2D eigenvalue weighted by molar-refractivity contribution is 0.569. The first-order chi connectivity index (χ1) is 7.77. The lowest BCUT2D eigenvalue weighted by atomic mass is 10.1. The molecule has 0 unspecified atom stereocenters. The normalized spacial score (nSPS) is 9.75. The van der Waals surface area contributed by atoms with Crippen molar-refractivity contribution in [2.24, 2.45) is 0 Å². The van der Waals surface area contributed by atoms with Crippen molar-refractivity contribution in [3.63, 3.8) is 0 Å². The minimum atomic E-state index is 0.122. The van der Waals surface area contributed by atoms with Crippen LogP contribution >= 0.6 is 11.3 Å². The average molecular weight is 227 g/mol. The van der Waals surface area contributed by atoms with E-state index in [2.05, 4.69) is 0 Å². The molecule has 2 aromatic rings. The fourth-order valence-electron chi connectivity index (χ4n) is 1.70. The number of hydrogen-bond acceptors (Lipinski definition) is 3. The summed E-state index contributed by atoms with van der Waals surface area (Å²) in [6.07, 6.45) is 0.122. The quantitative estimate of drug-likeness (QED) is 0.738. The predicted octanol–water partition coefficient (Wildman–Crippen LogP) is 3.34.